The summed E-state index contributed by atoms with van der Waals surface area (Å²) in [5.74, 6) is 0.715. The molecule has 2 amide bonds. The first-order valence-corrected chi connectivity index (χ1v) is 9.23. The number of hydrogen-bond donors (Lipinski definition) is 0. The van der Waals surface area contributed by atoms with Crippen molar-refractivity contribution < 1.29 is 9.59 Å². The molecular weight excluding hydrogens is 324 g/mol. The Morgan fingerprint density at radius 1 is 0.962 bits per heavy atom. The topological polar surface area (TPSA) is 40.6 Å². The SMILES string of the molecule is CC1CCN(C(=O)c2ccc(C(=O)N(C)Cc3ccccc3)cc2)CC1. The van der Waals surface area contributed by atoms with Crippen molar-refractivity contribution in [3.63, 3.8) is 0 Å². The van der Waals surface area contributed by atoms with E-state index in [1.807, 2.05) is 35.2 Å². The van der Waals surface area contributed by atoms with Crippen molar-refractivity contribution in [2.45, 2.75) is 26.3 Å². The lowest BCUT2D eigenvalue weighted by molar-refractivity contribution is 0.0695. The first kappa shape index (κ1) is 18.2. The van der Waals surface area contributed by atoms with Gasteiger partial charge in [0.15, 0.2) is 0 Å². The van der Waals surface area contributed by atoms with Crippen LogP contribution in [0.4, 0.5) is 0 Å². The molecule has 136 valence electrons. The molecule has 2 aromatic rings. The molecule has 1 heterocycles. The maximum Gasteiger partial charge on any atom is 0.253 e. The molecule has 1 saturated heterocycles. The Labute approximate surface area is 155 Å². The maximum atomic E-state index is 12.6. The number of amides is 2. The molecule has 0 atom stereocenters. The predicted molar refractivity (Wildman–Crippen MR) is 103 cm³/mol. The lowest BCUT2D eigenvalue weighted by atomic mass is 9.98. The van der Waals surface area contributed by atoms with Gasteiger partial charge in [-0.1, -0.05) is 37.3 Å². The monoisotopic (exact) mass is 350 g/mol. The second-order valence-corrected chi connectivity index (χ2v) is 7.20. The molecule has 0 radical (unpaired) electrons. The van der Waals surface area contributed by atoms with Crippen molar-refractivity contribution in [1.82, 2.24) is 9.80 Å². The van der Waals surface area contributed by atoms with Crippen LogP contribution in [0.5, 0.6) is 0 Å². The minimum Gasteiger partial charge on any atom is -0.339 e. The van der Waals surface area contributed by atoms with E-state index < -0.39 is 0 Å². The summed E-state index contributed by atoms with van der Waals surface area (Å²) >= 11 is 0. The van der Waals surface area contributed by atoms with Gasteiger partial charge < -0.3 is 9.80 Å². The highest BCUT2D eigenvalue weighted by molar-refractivity contribution is 5.97. The fourth-order valence-electron chi connectivity index (χ4n) is 3.30. The molecule has 0 unspecified atom stereocenters. The summed E-state index contributed by atoms with van der Waals surface area (Å²) in [5.41, 5.74) is 2.35. The van der Waals surface area contributed by atoms with E-state index in [0.717, 1.165) is 31.5 Å². The standard InChI is InChI=1S/C22H26N2O2/c1-17-12-14-24(15-13-17)22(26)20-10-8-19(9-11-20)21(25)23(2)16-18-6-4-3-5-7-18/h3-11,17H,12-16H2,1-2H3. The van der Waals surface area contributed by atoms with Crippen molar-refractivity contribution in [2.24, 2.45) is 5.92 Å². The van der Waals surface area contributed by atoms with Crippen LogP contribution in [0.15, 0.2) is 54.6 Å². The zero-order valence-corrected chi connectivity index (χ0v) is 15.5. The summed E-state index contributed by atoms with van der Waals surface area (Å²) in [6.45, 7) is 4.43. The highest BCUT2D eigenvalue weighted by Crippen LogP contribution is 2.19. The molecule has 3 rings (SSSR count). The van der Waals surface area contributed by atoms with Crippen LogP contribution in [0.2, 0.25) is 0 Å². The van der Waals surface area contributed by atoms with Crippen molar-refractivity contribution in [2.75, 3.05) is 20.1 Å². The molecule has 0 aliphatic carbocycles. The van der Waals surface area contributed by atoms with Crippen LogP contribution < -0.4 is 0 Å². The fraction of sp³-hybridized carbons (Fsp3) is 0.364. The number of carbonyl (C=O) groups is 2. The largest absolute Gasteiger partial charge is 0.339 e. The van der Waals surface area contributed by atoms with Gasteiger partial charge in [-0.15, -0.1) is 0 Å². The van der Waals surface area contributed by atoms with E-state index in [0.29, 0.717) is 23.6 Å². The zero-order chi connectivity index (χ0) is 18.5. The Bertz CT molecular complexity index is 747. The van der Waals surface area contributed by atoms with E-state index in [9.17, 15) is 9.59 Å². The van der Waals surface area contributed by atoms with Gasteiger partial charge in [-0.2, -0.15) is 0 Å². The van der Waals surface area contributed by atoms with E-state index in [-0.39, 0.29) is 11.8 Å². The summed E-state index contributed by atoms with van der Waals surface area (Å²) in [7, 11) is 1.79. The first-order valence-electron chi connectivity index (χ1n) is 9.23. The number of carbonyl (C=O) groups excluding carboxylic acids is 2. The van der Waals surface area contributed by atoms with Crippen molar-refractivity contribution >= 4 is 11.8 Å². The molecule has 26 heavy (non-hydrogen) atoms. The van der Waals surface area contributed by atoms with Crippen molar-refractivity contribution in [1.29, 1.82) is 0 Å². The van der Waals surface area contributed by atoms with Crippen molar-refractivity contribution in [3.8, 4) is 0 Å². The number of piperidine rings is 1. The van der Waals surface area contributed by atoms with E-state index in [2.05, 4.69) is 6.92 Å². The first-order chi connectivity index (χ1) is 12.5. The normalized spacial score (nSPS) is 14.9. The highest BCUT2D eigenvalue weighted by atomic mass is 16.2. The van der Waals surface area contributed by atoms with Crippen LogP contribution >= 0.6 is 0 Å². The fourth-order valence-corrected chi connectivity index (χ4v) is 3.30. The molecule has 4 nitrogen and oxygen atoms in total. The average Bonchev–Trinajstić information content (AvgIpc) is 2.68. The molecule has 4 heteroatoms. The third-order valence-electron chi connectivity index (χ3n) is 5.06. The molecule has 0 aromatic heterocycles. The van der Waals surface area contributed by atoms with E-state index in [1.165, 1.54) is 0 Å². The minimum absolute atomic E-state index is 0.0420. The zero-order valence-electron chi connectivity index (χ0n) is 15.5. The van der Waals surface area contributed by atoms with Gasteiger partial charge in [-0.05, 0) is 48.6 Å². The van der Waals surface area contributed by atoms with Crippen LogP contribution in [0.25, 0.3) is 0 Å². The Hall–Kier alpha value is -2.62. The number of likely N-dealkylation sites (tertiary alicyclic amines) is 1. The molecular formula is C22H26N2O2. The molecule has 0 saturated carbocycles. The molecule has 1 aliphatic heterocycles. The minimum atomic E-state index is -0.0420. The molecule has 1 fully saturated rings. The van der Waals surface area contributed by atoms with Gasteiger partial charge in [0.1, 0.15) is 0 Å². The third kappa shape index (κ3) is 4.31. The van der Waals surface area contributed by atoms with Gasteiger partial charge >= 0.3 is 0 Å². The molecule has 0 spiro atoms. The number of rotatable bonds is 4. The van der Waals surface area contributed by atoms with Crippen LogP contribution in [0.1, 0.15) is 46.0 Å². The molecule has 2 aromatic carbocycles. The van der Waals surface area contributed by atoms with E-state index >= 15 is 0 Å². The summed E-state index contributed by atoms with van der Waals surface area (Å²) in [5, 5.41) is 0. The van der Waals surface area contributed by atoms with Crippen LogP contribution in [-0.2, 0) is 6.54 Å². The van der Waals surface area contributed by atoms with Crippen LogP contribution in [0.3, 0.4) is 0 Å². The quantitative estimate of drug-likeness (QED) is 0.841. The Kier molecular flexibility index (Phi) is 5.71. The van der Waals surface area contributed by atoms with E-state index in [1.54, 1.807) is 36.2 Å². The van der Waals surface area contributed by atoms with Gasteiger partial charge in [0.2, 0.25) is 0 Å². The Balaban J connectivity index is 1.63. The van der Waals surface area contributed by atoms with Gasteiger partial charge in [-0.3, -0.25) is 9.59 Å². The second kappa shape index (κ2) is 8.17. The van der Waals surface area contributed by atoms with Crippen LogP contribution in [-0.4, -0.2) is 41.8 Å². The van der Waals surface area contributed by atoms with Gasteiger partial charge in [-0.25, -0.2) is 0 Å². The summed E-state index contributed by atoms with van der Waals surface area (Å²) in [6, 6.07) is 17.0. The average molecular weight is 350 g/mol. The number of benzene rings is 2. The predicted octanol–water partition coefficient (Wildman–Crippen LogP) is 3.83. The molecule has 0 bridgehead atoms. The maximum absolute atomic E-state index is 12.6. The van der Waals surface area contributed by atoms with Gasteiger partial charge in [0.05, 0.1) is 0 Å². The van der Waals surface area contributed by atoms with Gasteiger partial charge in [0.25, 0.3) is 11.8 Å². The summed E-state index contributed by atoms with van der Waals surface area (Å²) in [4.78, 5) is 28.8. The lowest BCUT2D eigenvalue weighted by Crippen LogP contribution is -2.37. The highest BCUT2D eigenvalue weighted by Gasteiger charge is 2.21. The van der Waals surface area contributed by atoms with Crippen molar-refractivity contribution in [3.05, 3.63) is 71.3 Å². The number of nitrogens with zero attached hydrogens (tertiary/aromatic N) is 2. The number of hydrogen-bond acceptors (Lipinski definition) is 2. The Morgan fingerprint density at radius 2 is 1.54 bits per heavy atom. The molecule has 0 N–H and O–H groups in total. The van der Waals surface area contributed by atoms with E-state index in [4.69, 9.17) is 0 Å². The van der Waals surface area contributed by atoms with Gasteiger partial charge in [0, 0.05) is 37.8 Å². The van der Waals surface area contributed by atoms with Crippen LogP contribution in [0, 0.1) is 5.92 Å². The third-order valence-corrected chi connectivity index (χ3v) is 5.06. The summed E-state index contributed by atoms with van der Waals surface area (Å²) in [6.07, 6.45) is 2.12. The molecule has 1 aliphatic rings. The summed E-state index contributed by atoms with van der Waals surface area (Å²) < 4.78 is 0. The second-order valence-electron chi connectivity index (χ2n) is 7.20. The smallest absolute Gasteiger partial charge is 0.253 e. The Morgan fingerprint density at radius 3 is 2.15 bits per heavy atom. The lowest BCUT2D eigenvalue weighted by Gasteiger charge is -2.30.